The highest BCUT2D eigenvalue weighted by Gasteiger charge is 2.43. The van der Waals surface area contributed by atoms with E-state index in [1.165, 1.54) is 18.2 Å². The Labute approximate surface area is 108 Å². The molecule has 1 unspecified atom stereocenters. The molecule has 1 atom stereocenters. The number of rotatable bonds is 5. The molecule has 1 aromatic rings. The second-order valence-electron chi connectivity index (χ2n) is 4.60. The van der Waals surface area contributed by atoms with Crippen LogP contribution in [-0.2, 0) is 10.8 Å². The molecule has 0 bridgehead atoms. The summed E-state index contributed by atoms with van der Waals surface area (Å²) in [5.41, 5.74) is 5.70. The van der Waals surface area contributed by atoms with E-state index in [1.54, 1.807) is 0 Å². The Hall–Kier alpha value is -0.450. The van der Waals surface area contributed by atoms with Crippen LogP contribution in [0.15, 0.2) is 23.1 Å². The zero-order valence-electron chi connectivity index (χ0n) is 9.42. The van der Waals surface area contributed by atoms with Crippen LogP contribution in [0.4, 0.5) is 4.39 Å². The summed E-state index contributed by atoms with van der Waals surface area (Å²) < 4.78 is 25.1. The molecule has 2 rings (SSSR count). The number of benzene rings is 1. The molecular weight excluding hydrogens is 261 g/mol. The van der Waals surface area contributed by atoms with Crippen molar-refractivity contribution in [1.82, 2.24) is 0 Å². The van der Waals surface area contributed by atoms with Gasteiger partial charge >= 0.3 is 0 Å². The third-order valence-corrected chi connectivity index (χ3v) is 5.17. The van der Waals surface area contributed by atoms with Gasteiger partial charge in [-0.2, -0.15) is 0 Å². The van der Waals surface area contributed by atoms with Gasteiger partial charge in [-0.25, -0.2) is 4.39 Å². The molecule has 94 valence electrons. The van der Waals surface area contributed by atoms with Gasteiger partial charge in [-0.15, -0.1) is 0 Å². The minimum atomic E-state index is -1.12. The van der Waals surface area contributed by atoms with Crippen LogP contribution in [0.5, 0.6) is 0 Å². The van der Waals surface area contributed by atoms with Crippen LogP contribution >= 0.6 is 11.6 Å². The second kappa shape index (κ2) is 5.04. The van der Waals surface area contributed by atoms with Crippen molar-refractivity contribution in [3.63, 3.8) is 0 Å². The topological polar surface area (TPSA) is 43.1 Å². The Balaban J connectivity index is 2.07. The fourth-order valence-corrected chi connectivity index (χ4v) is 3.80. The van der Waals surface area contributed by atoms with Crippen molar-refractivity contribution >= 4 is 22.4 Å². The summed E-state index contributed by atoms with van der Waals surface area (Å²) in [6.07, 6.45) is 3.09. The standard InChI is InChI=1S/C12H15ClFNOS/c13-10-7-9(1-2-11(10)14)17(16)8-12(3-4-12)5-6-15/h1-2,7H,3-6,8,15H2. The molecule has 1 aliphatic carbocycles. The molecule has 0 amide bonds. The quantitative estimate of drug-likeness (QED) is 0.898. The summed E-state index contributed by atoms with van der Waals surface area (Å²) in [6.45, 7) is 0.626. The molecule has 1 fully saturated rings. The maximum atomic E-state index is 13.0. The second-order valence-corrected chi connectivity index (χ2v) is 6.46. The number of hydrogen-bond acceptors (Lipinski definition) is 2. The van der Waals surface area contributed by atoms with E-state index >= 15 is 0 Å². The largest absolute Gasteiger partial charge is 0.330 e. The van der Waals surface area contributed by atoms with Gasteiger partial charge in [-0.05, 0) is 49.4 Å². The fourth-order valence-electron chi connectivity index (χ4n) is 1.93. The first-order chi connectivity index (χ1) is 8.06. The summed E-state index contributed by atoms with van der Waals surface area (Å²) in [4.78, 5) is 0.597. The van der Waals surface area contributed by atoms with Crippen LogP contribution < -0.4 is 5.73 Å². The summed E-state index contributed by atoms with van der Waals surface area (Å²) in [7, 11) is -1.12. The summed E-state index contributed by atoms with van der Waals surface area (Å²) in [5, 5.41) is 0.0273. The van der Waals surface area contributed by atoms with Gasteiger partial charge in [0.05, 0.1) is 15.8 Å². The summed E-state index contributed by atoms with van der Waals surface area (Å²) >= 11 is 5.68. The minimum Gasteiger partial charge on any atom is -0.330 e. The zero-order chi connectivity index (χ0) is 12.5. The van der Waals surface area contributed by atoms with Gasteiger partial charge in [0.2, 0.25) is 0 Å². The van der Waals surface area contributed by atoms with Crippen molar-refractivity contribution in [3.05, 3.63) is 29.0 Å². The van der Waals surface area contributed by atoms with Gasteiger partial charge in [0.25, 0.3) is 0 Å². The molecular formula is C12H15ClFNOS. The van der Waals surface area contributed by atoms with Crippen molar-refractivity contribution in [2.24, 2.45) is 11.1 Å². The van der Waals surface area contributed by atoms with Gasteiger partial charge in [0.15, 0.2) is 0 Å². The molecule has 0 aromatic heterocycles. The Kier molecular flexibility index (Phi) is 3.85. The molecule has 2 nitrogen and oxygen atoms in total. The lowest BCUT2D eigenvalue weighted by atomic mass is 10.1. The van der Waals surface area contributed by atoms with Crippen molar-refractivity contribution < 1.29 is 8.60 Å². The van der Waals surface area contributed by atoms with Crippen molar-refractivity contribution in [1.29, 1.82) is 0 Å². The van der Waals surface area contributed by atoms with Crippen molar-refractivity contribution in [2.45, 2.75) is 24.2 Å². The van der Waals surface area contributed by atoms with Crippen LogP contribution in [-0.4, -0.2) is 16.5 Å². The first kappa shape index (κ1) is 13.0. The van der Waals surface area contributed by atoms with Gasteiger partial charge in [-0.3, -0.25) is 4.21 Å². The Bertz CT molecular complexity index is 448. The zero-order valence-corrected chi connectivity index (χ0v) is 11.0. The molecule has 1 saturated carbocycles. The van der Waals surface area contributed by atoms with Crippen LogP contribution in [0, 0.1) is 11.2 Å². The van der Waals surface area contributed by atoms with E-state index in [0.717, 1.165) is 19.3 Å². The van der Waals surface area contributed by atoms with Crippen molar-refractivity contribution in [2.75, 3.05) is 12.3 Å². The fraction of sp³-hybridized carbons (Fsp3) is 0.500. The SMILES string of the molecule is NCCC1(CS(=O)c2ccc(F)c(Cl)c2)CC1. The molecule has 0 spiro atoms. The third-order valence-electron chi connectivity index (χ3n) is 3.22. The molecule has 5 heteroatoms. The normalized spacial score (nSPS) is 19.0. The smallest absolute Gasteiger partial charge is 0.141 e. The van der Waals surface area contributed by atoms with Gasteiger partial charge in [0.1, 0.15) is 5.82 Å². The predicted molar refractivity (Wildman–Crippen MR) is 68.0 cm³/mol. The van der Waals surface area contributed by atoms with E-state index in [1.807, 2.05) is 0 Å². The van der Waals surface area contributed by atoms with Gasteiger partial charge in [-0.1, -0.05) is 11.6 Å². The van der Waals surface area contributed by atoms with E-state index in [-0.39, 0.29) is 10.4 Å². The van der Waals surface area contributed by atoms with E-state index in [0.29, 0.717) is 17.2 Å². The molecule has 1 aliphatic rings. The molecule has 2 N–H and O–H groups in total. The van der Waals surface area contributed by atoms with Crippen molar-refractivity contribution in [3.8, 4) is 0 Å². The molecule has 17 heavy (non-hydrogen) atoms. The number of halogens is 2. The Morgan fingerprint density at radius 2 is 2.18 bits per heavy atom. The lowest BCUT2D eigenvalue weighted by Crippen LogP contribution is -2.17. The van der Waals surface area contributed by atoms with Gasteiger partial charge < -0.3 is 5.73 Å². The first-order valence-corrected chi connectivity index (χ1v) is 7.29. The summed E-state index contributed by atoms with van der Waals surface area (Å²) in [5.74, 6) is 0.127. The average Bonchev–Trinajstić information content (AvgIpc) is 3.02. The predicted octanol–water partition coefficient (Wildman–Crippen LogP) is 2.72. The summed E-state index contributed by atoms with van der Waals surface area (Å²) in [6, 6.07) is 4.25. The molecule has 0 radical (unpaired) electrons. The van der Waals surface area contributed by atoms with E-state index < -0.39 is 16.6 Å². The first-order valence-electron chi connectivity index (χ1n) is 5.60. The molecule has 1 aromatic carbocycles. The third kappa shape index (κ3) is 3.06. The van der Waals surface area contributed by atoms with Crippen LogP contribution in [0.25, 0.3) is 0 Å². The highest BCUT2D eigenvalue weighted by atomic mass is 35.5. The molecule has 0 saturated heterocycles. The van der Waals surface area contributed by atoms with Crippen LogP contribution in [0.2, 0.25) is 5.02 Å². The molecule has 0 heterocycles. The number of hydrogen-bond donors (Lipinski definition) is 1. The maximum Gasteiger partial charge on any atom is 0.141 e. The maximum absolute atomic E-state index is 13.0. The Morgan fingerprint density at radius 3 is 2.71 bits per heavy atom. The highest BCUT2D eigenvalue weighted by molar-refractivity contribution is 7.85. The van der Waals surface area contributed by atoms with Crippen LogP contribution in [0.1, 0.15) is 19.3 Å². The lowest BCUT2D eigenvalue weighted by Gasteiger charge is -2.13. The average molecular weight is 276 g/mol. The monoisotopic (exact) mass is 275 g/mol. The minimum absolute atomic E-state index is 0.0273. The molecule has 0 aliphatic heterocycles. The Morgan fingerprint density at radius 1 is 1.47 bits per heavy atom. The highest BCUT2D eigenvalue weighted by Crippen LogP contribution is 2.49. The van der Waals surface area contributed by atoms with Crippen LogP contribution in [0.3, 0.4) is 0 Å². The number of nitrogens with two attached hydrogens (primary N) is 1. The van der Waals surface area contributed by atoms with Gasteiger partial charge in [0, 0.05) is 10.6 Å². The van der Waals surface area contributed by atoms with E-state index in [4.69, 9.17) is 17.3 Å². The van der Waals surface area contributed by atoms with E-state index in [9.17, 15) is 8.60 Å². The lowest BCUT2D eigenvalue weighted by molar-refractivity contribution is 0.529. The van der Waals surface area contributed by atoms with E-state index in [2.05, 4.69) is 0 Å².